The lowest BCUT2D eigenvalue weighted by Crippen LogP contribution is -2.01. The third-order valence-electron chi connectivity index (χ3n) is 1.30. The van der Waals surface area contributed by atoms with Gasteiger partial charge in [0.15, 0.2) is 0 Å². The molecule has 1 rings (SSSR count). The van der Waals surface area contributed by atoms with Gasteiger partial charge in [0.2, 0.25) is 0 Å². The third kappa shape index (κ3) is 2.92. The van der Waals surface area contributed by atoms with Crippen LogP contribution in [-0.4, -0.2) is 6.61 Å². The largest absolute Gasteiger partial charge is 0.435 e. The Morgan fingerprint density at radius 2 is 1.83 bits per heavy atom. The molecule has 66 valence electrons. The minimum Gasteiger partial charge on any atom is -0.435 e. The summed E-state index contributed by atoms with van der Waals surface area (Å²) in [6.07, 6.45) is 0. The van der Waals surface area contributed by atoms with Gasteiger partial charge in [0, 0.05) is 4.43 Å². The van der Waals surface area contributed by atoms with Crippen molar-refractivity contribution in [1.82, 2.24) is 0 Å². The molecular weight excluding hydrogens is 277 g/mol. The first-order valence-electron chi connectivity index (χ1n) is 3.32. The predicted octanol–water partition coefficient (Wildman–Crippen LogP) is 3.22. The van der Waals surface area contributed by atoms with Gasteiger partial charge >= 0.3 is 6.61 Å². The molecule has 0 unspecified atom stereocenters. The summed E-state index contributed by atoms with van der Waals surface area (Å²) in [7, 11) is 0. The molecule has 0 radical (unpaired) electrons. The van der Waals surface area contributed by atoms with Crippen molar-refractivity contribution in [3.05, 3.63) is 29.8 Å². The highest BCUT2D eigenvalue weighted by Gasteiger charge is 2.02. The Balaban J connectivity index is 2.65. The van der Waals surface area contributed by atoms with Crippen LogP contribution in [0.1, 0.15) is 5.56 Å². The molecule has 0 aromatic heterocycles. The van der Waals surface area contributed by atoms with Crippen molar-refractivity contribution in [1.29, 1.82) is 0 Å². The molecule has 0 heterocycles. The molecule has 0 atom stereocenters. The van der Waals surface area contributed by atoms with Crippen LogP contribution in [0, 0.1) is 0 Å². The highest BCUT2D eigenvalue weighted by atomic mass is 127. The van der Waals surface area contributed by atoms with E-state index in [2.05, 4.69) is 27.3 Å². The molecule has 1 nitrogen and oxygen atoms in total. The minimum atomic E-state index is -2.74. The highest BCUT2D eigenvalue weighted by molar-refractivity contribution is 14.1. The molecule has 0 bridgehead atoms. The fraction of sp³-hybridized carbons (Fsp3) is 0.250. The quantitative estimate of drug-likeness (QED) is 0.611. The molecule has 0 N–H and O–H groups in total. The van der Waals surface area contributed by atoms with E-state index >= 15 is 0 Å². The monoisotopic (exact) mass is 284 g/mol. The van der Waals surface area contributed by atoms with Crippen LogP contribution < -0.4 is 4.74 Å². The van der Waals surface area contributed by atoms with Gasteiger partial charge in [0.25, 0.3) is 0 Å². The zero-order chi connectivity index (χ0) is 8.97. The molecule has 0 aliphatic carbocycles. The van der Waals surface area contributed by atoms with E-state index < -0.39 is 6.61 Å². The number of benzene rings is 1. The molecule has 12 heavy (non-hydrogen) atoms. The number of ether oxygens (including phenoxy) is 1. The topological polar surface area (TPSA) is 9.23 Å². The third-order valence-corrected chi connectivity index (χ3v) is 2.18. The van der Waals surface area contributed by atoms with Gasteiger partial charge in [-0.2, -0.15) is 8.78 Å². The van der Waals surface area contributed by atoms with Gasteiger partial charge in [-0.1, -0.05) is 34.7 Å². The summed E-state index contributed by atoms with van der Waals surface area (Å²) in [5.74, 6) is 0.207. The van der Waals surface area contributed by atoms with Crippen molar-refractivity contribution in [2.24, 2.45) is 0 Å². The van der Waals surface area contributed by atoms with E-state index in [9.17, 15) is 8.78 Å². The average Bonchev–Trinajstić information content (AvgIpc) is 2.05. The van der Waals surface area contributed by atoms with E-state index in [-0.39, 0.29) is 5.75 Å². The molecule has 0 spiro atoms. The smallest absolute Gasteiger partial charge is 0.387 e. The fourth-order valence-electron chi connectivity index (χ4n) is 0.760. The van der Waals surface area contributed by atoms with Crippen LogP contribution in [0.15, 0.2) is 24.3 Å². The van der Waals surface area contributed by atoms with Crippen molar-refractivity contribution in [3.63, 3.8) is 0 Å². The van der Waals surface area contributed by atoms with Crippen LogP contribution in [0.2, 0.25) is 0 Å². The summed E-state index contributed by atoms with van der Waals surface area (Å²) in [4.78, 5) is 0. The molecule has 1 aromatic rings. The number of halogens is 3. The lowest BCUT2D eigenvalue weighted by Gasteiger charge is -2.03. The molecular formula is C8H7F2IO. The first kappa shape index (κ1) is 9.70. The minimum absolute atomic E-state index is 0.207. The van der Waals surface area contributed by atoms with Gasteiger partial charge in [0.1, 0.15) is 5.75 Å². The molecule has 0 aliphatic rings. The Bertz CT molecular complexity index is 235. The van der Waals surface area contributed by atoms with Crippen molar-refractivity contribution in [3.8, 4) is 5.75 Å². The Morgan fingerprint density at radius 3 is 2.25 bits per heavy atom. The normalized spacial score (nSPS) is 10.3. The van der Waals surface area contributed by atoms with Crippen molar-refractivity contribution in [2.75, 3.05) is 0 Å². The average molecular weight is 284 g/mol. The van der Waals surface area contributed by atoms with E-state index in [1.165, 1.54) is 0 Å². The molecule has 0 saturated carbocycles. The summed E-state index contributed by atoms with van der Waals surface area (Å²) in [5, 5.41) is 0. The van der Waals surface area contributed by atoms with Crippen molar-refractivity contribution in [2.45, 2.75) is 11.0 Å². The van der Waals surface area contributed by atoms with Crippen LogP contribution >= 0.6 is 22.6 Å². The van der Waals surface area contributed by atoms with Crippen LogP contribution in [0.3, 0.4) is 0 Å². The molecule has 0 fully saturated rings. The second-order valence-corrected chi connectivity index (χ2v) is 2.92. The zero-order valence-corrected chi connectivity index (χ0v) is 8.29. The van der Waals surface area contributed by atoms with Gasteiger partial charge in [0.05, 0.1) is 0 Å². The zero-order valence-electron chi connectivity index (χ0n) is 6.14. The maximum atomic E-state index is 11.7. The lowest BCUT2D eigenvalue weighted by atomic mass is 10.2. The lowest BCUT2D eigenvalue weighted by molar-refractivity contribution is -0.0498. The summed E-state index contributed by atoms with van der Waals surface area (Å²) in [5.41, 5.74) is 1.09. The van der Waals surface area contributed by atoms with Crippen LogP contribution in [-0.2, 0) is 4.43 Å². The van der Waals surface area contributed by atoms with E-state index in [0.717, 1.165) is 9.99 Å². The van der Waals surface area contributed by atoms with Gasteiger partial charge in [-0.15, -0.1) is 0 Å². The fourth-order valence-corrected chi connectivity index (χ4v) is 1.27. The van der Waals surface area contributed by atoms with E-state index in [1.807, 2.05) is 0 Å². The summed E-state index contributed by atoms with van der Waals surface area (Å²) >= 11 is 2.20. The summed E-state index contributed by atoms with van der Waals surface area (Å²) < 4.78 is 28.4. The number of rotatable bonds is 3. The van der Waals surface area contributed by atoms with Gasteiger partial charge in [-0.05, 0) is 17.7 Å². The second-order valence-electron chi connectivity index (χ2n) is 2.16. The van der Waals surface area contributed by atoms with Gasteiger partial charge < -0.3 is 4.74 Å². The Hall–Kier alpha value is -0.390. The number of hydrogen-bond acceptors (Lipinski definition) is 1. The molecule has 0 amide bonds. The van der Waals surface area contributed by atoms with Crippen LogP contribution in [0.25, 0.3) is 0 Å². The molecule has 4 heteroatoms. The predicted molar refractivity (Wildman–Crippen MR) is 50.8 cm³/mol. The Kier molecular flexibility index (Phi) is 3.71. The molecule has 0 saturated heterocycles. The maximum absolute atomic E-state index is 11.7. The van der Waals surface area contributed by atoms with Crippen LogP contribution in [0.5, 0.6) is 5.75 Å². The van der Waals surface area contributed by atoms with Crippen molar-refractivity contribution < 1.29 is 13.5 Å². The van der Waals surface area contributed by atoms with E-state index in [1.54, 1.807) is 24.3 Å². The number of hydrogen-bond donors (Lipinski definition) is 0. The number of alkyl halides is 3. The van der Waals surface area contributed by atoms with E-state index in [0.29, 0.717) is 0 Å². The summed E-state index contributed by atoms with van der Waals surface area (Å²) in [6, 6.07) is 6.62. The van der Waals surface area contributed by atoms with Crippen LogP contribution in [0.4, 0.5) is 8.78 Å². The Labute approximate surface area is 82.9 Å². The molecule has 1 aromatic carbocycles. The first-order valence-corrected chi connectivity index (χ1v) is 4.84. The SMILES string of the molecule is FC(F)Oc1ccc(CI)cc1. The van der Waals surface area contributed by atoms with E-state index in [4.69, 9.17) is 0 Å². The van der Waals surface area contributed by atoms with Gasteiger partial charge in [-0.3, -0.25) is 0 Å². The van der Waals surface area contributed by atoms with Gasteiger partial charge in [-0.25, -0.2) is 0 Å². The standard InChI is InChI=1S/C8H7F2IO/c9-8(10)12-7-3-1-6(5-11)2-4-7/h1-4,8H,5H2. The van der Waals surface area contributed by atoms with Crippen molar-refractivity contribution >= 4 is 22.6 Å². The highest BCUT2D eigenvalue weighted by Crippen LogP contribution is 2.16. The summed E-state index contributed by atoms with van der Waals surface area (Å²) in [6.45, 7) is -2.74. The maximum Gasteiger partial charge on any atom is 0.387 e. The second kappa shape index (κ2) is 4.59. The molecule has 0 aliphatic heterocycles. The first-order chi connectivity index (χ1) is 5.72. The Morgan fingerprint density at radius 1 is 1.25 bits per heavy atom.